The minimum absolute atomic E-state index is 0.375. The maximum atomic E-state index is 7.88. The number of fused-ring (bicyclic) bond motifs is 2. The molecule has 3 aliphatic rings. The molecular weight excluding hydrogens is 484 g/mol. The molecule has 0 spiro atoms. The zero-order valence-electron chi connectivity index (χ0n) is 21.6. The van der Waals surface area contributed by atoms with Crippen LogP contribution in [0.4, 0.5) is 11.5 Å². The first-order chi connectivity index (χ1) is 18.0. The molecule has 0 amide bonds. The van der Waals surface area contributed by atoms with Crippen LogP contribution >= 0.6 is 11.8 Å². The minimum atomic E-state index is 0.375. The van der Waals surface area contributed by atoms with E-state index in [1.54, 1.807) is 6.92 Å². The Bertz CT molecular complexity index is 1370. The second kappa shape index (κ2) is 9.98. The standard InChI is InChI=1S/C27H34N8OS/c1-18(28)37-27(29)33-11-7-25-23(17-33)26(31-35(25)22-8-12-36-13-9-22)34-10-3-4-20-14-19(5-6-24(20)34)21-15-30-32(2)16-21/h5-6,14-16,22,28-29H,3-4,7-13,17H2,1-2H3/p+1. The van der Waals surface area contributed by atoms with Crippen molar-refractivity contribution < 1.29 is 9.31 Å². The molecule has 10 heteroatoms. The van der Waals surface area contributed by atoms with Crippen molar-refractivity contribution in [3.63, 3.8) is 0 Å². The summed E-state index contributed by atoms with van der Waals surface area (Å²) in [6, 6.07) is 7.16. The molecule has 2 aromatic heterocycles. The fourth-order valence-corrected chi connectivity index (χ4v) is 6.45. The Labute approximate surface area is 221 Å². The zero-order chi connectivity index (χ0) is 25.5. The van der Waals surface area contributed by atoms with E-state index in [1.165, 1.54) is 39.8 Å². The molecule has 1 fully saturated rings. The van der Waals surface area contributed by atoms with E-state index in [0.29, 0.717) is 16.3 Å². The molecule has 3 aromatic rings. The van der Waals surface area contributed by atoms with Gasteiger partial charge in [-0.2, -0.15) is 10.2 Å². The van der Waals surface area contributed by atoms with E-state index in [1.807, 2.05) is 17.9 Å². The second-order valence-electron chi connectivity index (χ2n) is 10.2. The SMILES string of the molecule is CC(=N)SC(N)=[N+]1CCc2c(c(N3CCCc4cc(-c5cnn(C)c5)ccc43)nn2C2CCOCC2)C1. The maximum absolute atomic E-state index is 7.88. The summed E-state index contributed by atoms with van der Waals surface area (Å²) in [6.07, 6.45) is 9.04. The number of aryl methyl sites for hydroxylation is 2. The number of rotatable bonds is 3. The lowest BCUT2D eigenvalue weighted by Crippen LogP contribution is -2.33. The van der Waals surface area contributed by atoms with E-state index in [9.17, 15) is 0 Å². The fraction of sp³-hybridized carbons (Fsp3) is 0.481. The van der Waals surface area contributed by atoms with Crippen molar-refractivity contribution in [2.75, 3.05) is 31.2 Å². The third-order valence-corrected chi connectivity index (χ3v) is 8.44. The van der Waals surface area contributed by atoms with Crippen molar-refractivity contribution in [2.24, 2.45) is 12.8 Å². The Hall–Kier alpha value is -3.11. The number of nitrogens with zero attached hydrogens (tertiary/aromatic N) is 6. The molecule has 0 radical (unpaired) electrons. The lowest BCUT2D eigenvalue weighted by Gasteiger charge is -2.31. The Morgan fingerprint density at radius 2 is 2.05 bits per heavy atom. The molecule has 9 nitrogen and oxygen atoms in total. The molecule has 1 saturated heterocycles. The average Bonchev–Trinajstić information content (AvgIpc) is 3.51. The number of aromatic nitrogens is 4. The normalized spacial score (nSPS) is 19.5. The Balaban J connectivity index is 1.41. The van der Waals surface area contributed by atoms with Crippen LogP contribution in [0.15, 0.2) is 30.6 Å². The molecule has 194 valence electrons. The molecule has 37 heavy (non-hydrogen) atoms. The van der Waals surface area contributed by atoms with Crippen LogP contribution in [0.3, 0.4) is 0 Å². The lowest BCUT2D eigenvalue weighted by atomic mass is 9.96. The van der Waals surface area contributed by atoms with Gasteiger partial charge < -0.3 is 9.64 Å². The zero-order valence-corrected chi connectivity index (χ0v) is 22.4. The highest BCUT2D eigenvalue weighted by Gasteiger charge is 2.34. The number of anilines is 2. The van der Waals surface area contributed by atoms with Gasteiger partial charge in [0.25, 0.3) is 0 Å². The van der Waals surface area contributed by atoms with Gasteiger partial charge in [0.15, 0.2) is 5.82 Å². The number of hydrogen-bond donors (Lipinski definition) is 2. The topological polar surface area (TPSA) is 101 Å². The third kappa shape index (κ3) is 4.68. The number of hydrogen-bond acceptors (Lipinski definition) is 6. The van der Waals surface area contributed by atoms with Crippen molar-refractivity contribution in [3.8, 4) is 11.1 Å². The summed E-state index contributed by atoms with van der Waals surface area (Å²) in [7, 11) is 1.96. The molecule has 3 N–H and O–H groups in total. The predicted molar refractivity (Wildman–Crippen MR) is 148 cm³/mol. The van der Waals surface area contributed by atoms with Gasteiger partial charge in [-0.15, -0.1) is 0 Å². The molecule has 3 aliphatic heterocycles. The average molecular weight is 520 g/mol. The van der Waals surface area contributed by atoms with Crippen LogP contribution in [0, 0.1) is 5.41 Å². The van der Waals surface area contributed by atoms with E-state index in [0.717, 1.165) is 76.3 Å². The van der Waals surface area contributed by atoms with E-state index in [4.69, 9.17) is 21.0 Å². The van der Waals surface area contributed by atoms with E-state index >= 15 is 0 Å². The summed E-state index contributed by atoms with van der Waals surface area (Å²) < 4.78 is 12.0. The smallest absolute Gasteiger partial charge is 0.310 e. The molecule has 0 aliphatic carbocycles. The van der Waals surface area contributed by atoms with Gasteiger partial charge in [0, 0.05) is 62.4 Å². The van der Waals surface area contributed by atoms with Gasteiger partial charge in [0.2, 0.25) is 0 Å². The van der Waals surface area contributed by atoms with Gasteiger partial charge in [-0.1, -0.05) is 6.07 Å². The number of ether oxygens (including phenoxy) is 1. The summed E-state index contributed by atoms with van der Waals surface area (Å²) in [4.78, 5) is 2.43. The van der Waals surface area contributed by atoms with Crippen LogP contribution in [0.25, 0.3) is 11.1 Å². The monoisotopic (exact) mass is 519 g/mol. The molecule has 0 saturated carbocycles. The molecule has 0 bridgehead atoms. The second-order valence-corrected chi connectivity index (χ2v) is 11.4. The lowest BCUT2D eigenvalue weighted by molar-refractivity contribution is -0.545. The van der Waals surface area contributed by atoms with Gasteiger partial charge in [-0.25, -0.2) is 0 Å². The predicted octanol–water partition coefficient (Wildman–Crippen LogP) is 3.83. The number of thioether (sulfide) groups is 1. The van der Waals surface area contributed by atoms with Crippen LogP contribution in [0.2, 0.25) is 0 Å². The van der Waals surface area contributed by atoms with Gasteiger partial charge in [0.1, 0.15) is 6.54 Å². The number of benzene rings is 1. The number of nitrogens with two attached hydrogens (primary N) is 1. The molecule has 1 aromatic carbocycles. The van der Waals surface area contributed by atoms with E-state index < -0.39 is 0 Å². The van der Waals surface area contributed by atoms with Crippen LogP contribution in [0.1, 0.15) is 49.0 Å². The van der Waals surface area contributed by atoms with Crippen molar-refractivity contribution >= 4 is 33.5 Å². The molecule has 0 unspecified atom stereocenters. The highest BCUT2D eigenvalue weighted by molar-refractivity contribution is 8.26. The quantitative estimate of drug-likeness (QED) is 0.310. The van der Waals surface area contributed by atoms with Gasteiger partial charge in [-0.3, -0.25) is 25.1 Å². The van der Waals surface area contributed by atoms with Crippen LogP contribution < -0.4 is 10.6 Å². The summed E-state index contributed by atoms with van der Waals surface area (Å²) in [5.74, 6) is 1.06. The van der Waals surface area contributed by atoms with Crippen molar-refractivity contribution in [1.82, 2.24) is 19.6 Å². The van der Waals surface area contributed by atoms with Crippen molar-refractivity contribution in [1.29, 1.82) is 5.41 Å². The van der Waals surface area contributed by atoms with Crippen LogP contribution in [-0.2, 0) is 31.2 Å². The molecular formula is C27H35N8OS+. The van der Waals surface area contributed by atoms with Gasteiger partial charge in [-0.05, 0) is 55.9 Å². The summed E-state index contributed by atoms with van der Waals surface area (Å²) in [5.41, 5.74) is 14.0. The highest BCUT2D eigenvalue weighted by Crippen LogP contribution is 2.40. The third-order valence-electron chi connectivity index (χ3n) is 7.66. The molecule has 6 rings (SSSR count). The van der Waals surface area contributed by atoms with Crippen LogP contribution in [0.5, 0.6) is 0 Å². The maximum Gasteiger partial charge on any atom is 0.310 e. The van der Waals surface area contributed by atoms with E-state index in [-0.39, 0.29) is 0 Å². The highest BCUT2D eigenvalue weighted by atomic mass is 32.2. The number of nitrogens with one attached hydrogen (secondary N) is 1. The molecule has 0 atom stereocenters. The minimum Gasteiger partial charge on any atom is -0.381 e. The summed E-state index contributed by atoms with van der Waals surface area (Å²) in [6.45, 7) is 5.88. The van der Waals surface area contributed by atoms with Crippen molar-refractivity contribution in [2.45, 2.75) is 51.6 Å². The fourth-order valence-electron chi connectivity index (χ4n) is 5.85. The first kappa shape index (κ1) is 24.2. The van der Waals surface area contributed by atoms with Gasteiger partial charge in [0.05, 0.1) is 35.1 Å². The largest absolute Gasteiger partial charge is 0.381 e. The Morgan fingerprint density at radius 1 is 1.22 bits per heavy atom. The molecule has 5 heterocycles. The Kier molecular flexibility index (Phi) is 6.54. The number of amidine groups is 1. The summed E-state index contributed by atoms with van der Waals surface area (Å²) in [5, 5.41) is 18.8. The van der Waals surface area contributed by atoms with Crippen LogP contribution in [-0.4, -0.2) is 60.7 Å². The first-order valence-electron chi connectivity index (χ1n) is 13.2. The summed E-state index contributed by atoms with van der Waals surface area (Å²) >= 11 is 1.34. The van der Waals surface area contributed by atoms with Crippen molar-refractivity contribution in [3.05, 3.63) is 47.4 Å². The Morgan fingerprint density at radius 3 is 2.81 bits per heavy atom. The first-order valence-corrected chi connectivity index (χ1v) is 14.0. The van der Waals surface area contributed by atoms with E-state index in [2.05, 4.69) is 43.7 Å². The van der Waals surface area contributed by atoms with Gasteiger partial charge >= 0.3 is 5.17 Å².